The number of amides is 1. The van der Waals surface area contributed by atoms with E-state index in [9.17, 15) is 4.79 Å². The van der Waals surface area contributed by atoms with Gasteiger partial charge in [-0.25, -0.2) is 4.98 Å². The number of aromatic nitrogens is 2. The van der Waals surface area contributed by atoms with Crippen LogP contribution < -0.4 is 5.32 Å². The van der Waals surface area contributed by atoms with Gasteiger partial charge in [0, 0.05) is 31.4 Å². The third-order valence-corrected chi connectivity index (χ3v) is 4.40. The summed E-state index contributed by atoms with van der Waals surface area (Å²) >= 11 is 0. The van der Waals surface area contributed by atoms with E-state index >= 15 is 0 Å². The molecule has 1 amide bonds. The van der Waals surface area contributed by atoms with Gasteiger partial charge in [-0.3, -0.25) is 14.7 Å². The van der Waals surface area contributed by atoms with Gasteiger partial charge in [0.1, 0.15) is 5.69 Å². The SMILES string of the molecule is Cc1cnc(C(=O)N[C@@H]2CCN([C@@H](C)c3ccccc3)C2)cn1. The van der Waals surface area contributed by atoms with E-state index in [0.29, 0.717) is 11.7 Å². The Hall–Kier alpha value is -2.27. The van der Waals surface area contributed by atoms with E-state index in [4.69, 9.17) is 0 Å². The van der Waals surface area contributed by atoms with E-state index in [2.05, 4.69) is 51.4 Å². The number of nitrogens with zero attached hydrogens (tertiary/aromatic N) is 3. The van der Waals surface area contributed by atoms with Gasteiger partial charge in [0.05, 0.1) is 11.9 Å². The Bertz CT molecular complexity index is 656. The summed E-state index contributed by atoms with van der Waals surface area (Å²) in [5.74, 6) is -0.142. The predicted octanol–water partition coefficient (Wildman–Crippen LogP) is 2.35. The number of carbonyl (C=O) groups excluding carboxylic acids is 1. The Labute approximate surface area is 136 Å². The van der Waals surface area contributed by atoms with Crippen LogP contribution in [0.3, 0.4) is 0 Å². The molecular weight excluding hydrogens is 288 g/mol. The fraction of sp³-hybridized carbons (Fsp3) is 0.389. The Morgan fingerprint density at radius 2 is 2.04 bits per heavy atom. The molecule has 5 nitrogen and oxygen atoms in total. The van der Waals surface area contributed by atoms with Gasteiger partial charge in [0.25, 0.3) is 5.91 Å². The number of hydrogen-bond acceptors (Lipinski definition) is 4. The molecule has 0 bridgehead atoms. The first-order chi connectivity index (χ1) is 11.1. The quantitative estimate of drug-likeness (QED) is 0.942. The van der Waals surface area contributed by atoms with Gasteiger partial charge in [-0.15, -0.1) is 0 Å². The van der Waals surface area contributed by atoms with Crippen LogP contribution in [0.4, 0.5) is 0 Å². The third-order valence-electron chi connectivity index (χ3n) is 4.40. The highest BCUT2D eigenvalue weighted by Gasteiger charge is 2.28. The summed E-state index contributed by atoms with van der Waals surface area (Å²) in [6.07, 6.45) is 4.11. The zero-order chi connectivity index (χ0) is 16.2. The van der Waals surface area contributed by atoms with Gasteiger partial charge in [0.15, 0.2) is 0 Å². The van der Waals surface area contributed by atoms with Crippen molar-refractivity contribution in [1.29, 1.82) is 0 Å². The van der Waals surface area contributed by atoms with Crippen molar-refractivity contribution in [3.05, 3.63) is 59.7 Å². The van der Waals surface area contributed by atoms with E-state index in [1.165, 1.54) is 11.8 Å². The molecule has 0 spiro atoms. The smallest absolute Gasteiger partial charge is 0.271 e. The van der Waals surface area contributed by atoms with Crippen LogP contribution in [0.25, 0.3) is 0 Å². The van der Waals surface area contributed by atoms with E-state index in [0.717, 1.165) is 25.2 Å². The van der Waals surface area contributed by atoms with Gasteiger partial charge < -0.3 is 5.32 Å². The minimum absolute atomic E-state index is 0.142. The number of benzene rings is 1. The molecule has 1 fully saturated rings. The zero-order valence-corrected chi connectivity index (χ0v) is 13.6. The molecule has 0 saturated carbocycles. The van der Waals surface area contributed by atoms with E-state index in [1.807, 2.05) is 13.0 Å². The van der Waals surface area contributed by atoms with Crippen molar-refractivity contribution < 1.29 is 4.79 Å². The first-order valence-corrected chi connectivity index (χ1v) is 8.02. The third kappa shape index (κ3) is 3.74. The van der Waals surface area contributed by atoms with Crippen molar-refractivity contribution >= 4 is 5.91 Å². The zero-order valence-electron chi connectivity index (χ0n) is 13.6. The van der Waals surface area contributed by atoms with Crippen LogP contribution >= 0.6 is 0 Å². The lowest BCUT2D eigenvalue weighted by Crippen LogP contribution is -2.38. The molecule has 3 rings (SSSR count). The second kappa shape index (κ2) is 6.87. The number of likely N-dealkylation sites (tertiary alicyclic amines) is 1. The van der Waals surface area contributed by atoms with Gasteiger partial charge >= 0.3 is 0 Å². The summed E-state index contributed by atoms with van der Waals surface area (Å²) in [6.45, 7) is 5.92. The summed E-state index contributed by atoms with van der Waals surface area (Å²) < 4.78 is 0. The van der Waals surface area contributed by atoms with Crippen LogP contribution in [0.1, 0.15) is 41.1 Å². The molecule has 0 unspecified atom stereocenters. The first kappa shape index (κ1) is 15.6. The molecule has 1 aliphatic rings. The monoisotopic (exact) mass is 310 g/mol. The minimum atomic E-state index is -0.142. The molecule has 1 aromatic carbocycles. The summed E-state index contributed by atoms with van der Waals surface area (Å²) in [5.41, 5.74) is 2.50. The topological polar surface area (TPSA) is 58.1 Å². The van der Waals surface area contributed by atoms with Crippen LogP contribution in [-0.4, -0.2) is 39.9 Å². The molecule has 1 saturated heterocycles. The van der Waals surface area contributed by atoms with Gasteiger partial charge in [-0.1, -0.05) is 30.3 Å². The molecule has 0 aliphatic carbocycles. The number of nitrogens with one attached hydrogen (secondary N) is 1. The van der Waals surface area contributed by atoms with Gasteiger partial charge in [-0.2, -0.15) is 0 Å². The molecule has 2 heterocycles. The molecular formula is C18H22N4O. The first-order valence-electron chi connectivity index (χ1n) is 8.02. The van der Waals surface area contributed by atoms with Crippen molar-refractivity contribution in [2.24, 2.45) is 0 Å². The van der Waals surface area contributed by atoms with Crippen molar-refractivity contribution in [3.63, 3.8) is 0 Å². The van der Waals surface area contributed by atoms with E-state index < -0.39 is 0 Å². The maximum atomic E-state index is 12.2. The highest BCUT2D eigenvalue weighted by atomic mass is 16.2. The molecule has 2 atom stereocenters. The lowest BCUT2D eigenvalue weighted by molar-refractivity contribution is 0.0931. The average Bonchev–Trinajstić information content (AvgIpc) is 3.04. The highest BCUT2D eigenvalue weighted by Crippen LogP contribution is 2.24. The average molecular weight is 310 g/mol. The fourth-order valence-electron chi connectivity index (χ4n) is 2.97. The van der Waals surface area contributed by atoms with Crippen molar-refractivity contribution in [1.82, 2.24) is 20.2 Å². The Kier molecular flexibility index (Phi) is 4.67. The van der Waals surface area contributed by atoms with Gasteiger partial charge in [-0.05, 0) is 25.8 Å². The molecule has 23 heavy (non-hydrogen) atoms. The summed E-state index contributed by atoms with van der Waals surface area (Å²) in [7, 11) is 0. The largest absolute Gasteiger partial charge is 0.347 e. The standard InChI is InChI=1S/C18H22N4O/c1-13-10-20-17(11-19-13)18(23)21-16-8-9-22(12-16)14(2)15-6-4-3-5-7-15/h3-7,10-11,14,16H,8-9,12H2,1-2H3,(H,21,23)/t14-,16+/m0/s1. The molecule has 5 heteroatoms. The van der Waals surface area contributed by atoms with Gasteiger partial charge in [0.2, 0.25) is 0 Å². The van der Waals surface area contributed by atoms with Crippen LogP contribution in [0.15, 0.2) is 42.7 Å². The molecule has 2 aromatic rings. The van der Waals surface area contributed by atoms with Crippen LogP contribution in [-0.2, 0) is 0 Å². The summed E-state index contributed by atoms with van der Waals surface area (Å²) in [4.78, 5) is 22.9. The molecule has 0 radical (unpaired) electrons. The number of hydrogen-bond donors (Lipinski definition) is 1. The van der Waals surface area contributed by atoms with E-state index in [1.54, 1.807) is 6.20 Å². The maximum Gasteiger partial charge on any atom is 0.271 e. The molecule has 1 N–H and O–H groups in total. The van der Waals surface area contributed by atoms with Crippen molar-refractivity contribution in [2.45, 2.75) is 32.4 Å². The number of rotatable bonds is 4. The Morgan fingerprint density at radius 3 is 2.74 bits per heavy atom. The summed E-state index contributed by atoms with van der Waals surface area (Å²) in [5, 5.41) is 3.07. The second-order valence-corrected chi connectivity index (χ2v) is 6.08. The minimum Gasteiger partial charge on any atom is -0.347 e. The maximum absolute atomic E-state index is 12.2. The Morgan fingerprint density at radius 1 is 1.26 bits per heavy atom. The normalized spacial score (nSPS) is 19.5. The number of carbonyl (C=O) groups is 1. The van der Waals surface area contributed by atoms with Crippen molar-refractivity contribution in [3.8, 4) is 0 Å². The van der Waals surface area contributed by atoms with Crippen LogP contribution in [0.5, 0.6) is 0 Å². The number of aryl methyl sites for hydroxylation is 1. The van der Waals surface area contributed by atoms with Crippen molar-refractivity contribution in [2.75, 3.05) is 13.1 Å². The lowest BCUT2D eigenvalue weighted by atomic mass is 10.1. The van der Waals surface area contributed by atoms with Crippen LogP contribution in [0, 0.1) is 6.92 Å². The highest BCUT2D eigenvalue weighted by molar-refractivity contribution is 5.92. The Balaban J connectivity index is 1.57. The lowest BCUT2D eigenvalue weighted by Gasteiger charge is -2.24. The second-order valence-electron chi connectivity index (χ2n) is 6.08. The van der Waals surface area contributed by atoms with E-state index in [-0.39, 0.29) is 11.9 Å². The summed E-state index contributed by atoms with van der Waals surface area (Å²) in [6, 6.07) is 11.0. The molecule has 1 aromatic heterocycles. The molecule has 120 valence electrons. The van der Waals surface area contributed by atoms with Crippen LogP contribution in [0.2, 0.25) is 0 Å². The molecule has 1 aliphatic heterocycles. The predicted molar refractivity (Wildman–Crippen MR) is 89.1 cm³/mol. The fourth-order valence-corrected chi connectivity index (χ4v) is 2.97.